The monoisotopic (exact) mass is 450 g/mol. The minimum atomic E-state index is -0.383. The zero-order valence-electron chi connectivity index (χ0n) is 18.3. The molecule has 166 valence electrons. The molecule has 0 spiro atoms. The van der Waals surface area contributed by atoms with E-state index in [9.17, 15) is 9.59 Å². The minimum Gasteiger partial charge on any atom is -0.497 e. The third-order valence-electron chi connectivity index (χ3n) is 4.65. The van der Waals surface area contributed by atoms with E-state index in [-0.39, 0.29) is 30.2 Å². The SMILES string of the molecule is COc1ccc(OC[C@H](C)NC(=O)/C(=C/c2cccs2)NC(=O)c2ccccc2C)cc1. The Kier molecular flexibility index (Phi) is 8.05. The van der Waals surface area contributed by atoms with E-state index >= 15 is 0 Å². The van der Waals surface area contributed by atoms with Gasteiger partial charge in [0.2, 0.25) is 0 Å². The van der Waals surface area contributed by atoms with Crippen LogP contribution in [-0.2, 0) is 4.79 Å². The van der Waals surface area contributed by atoms with Crippen molar-refractivity contribution in [1.29, 1.82) is 0 Å². The summed E-state index contributed by atoms with van der Waals surface area (Å²) in [5, 5.41) is 7.57. The average Bonchev–Trinajstić information content (AvgIpc) is 3.31. The number of benzene rings is 2. The van der Waals surface area contributed by atoms with Crippen LogP contribution in [0.1, 0.15) is 27.7 Å². The number of nitrogens with one attached hydrogen (secondary N) is 2. The molecule has 7 heteroatoms. The van der Waals surface area contributed by atoms with Gasteiger partial charge in [0.25, 0.3) is 11.8 Å². The van der Waals surface area contributed by atoms with E-state index in [0.29, 0.717) is 11.3 Å². The molecule has 3 aromatic rings. The van der Waals surface area contributed by atoms with Gasteiger partial charge in [-0.2, -0.15) is 0 Å². The molecule has 0 radical (unpaired) electrons. The number of methoxy groups -OCH3 is 1. The number of thiophene rings is 1. The summed E-state index contributed by atoms with van der Waals surface area (Å²) >= 11 is 1.48. The highest BCUT2D eigenvalue weighted by molar-refractivity contribution is 7.10. The molecule has 6 nitrogen and oxygen atoms in total. The second-order valence-electron chi connectivity index (χ2n) is 7.20. The van der Waals surface area contributed by atoms with Crippen LogP contribution in [0, 0.1) is 6.92 Å². The summed E-state index contributed by atoms with van der Waals surface area (Å²) in [5.74, 6) is 0.704. The summed E-state index contributed by atoms with van der Waals surface area (Å²) in [6.45, 7) is 3.97. The Bertz CT molecular complexity index is 1080. The minimum absolute atomic E-state index is 0.178. The molecule has 2 aromatic carbocycles. The van der Waals surface area contributed by atoms with Gasteiger partial charge in [0, 0.05) is 10.4 Å². The Balaban J connectivity index is 1.66. The molecule has 1 heterocycles. The number of aryl methyl sites for hydroxylation is 1. The van der Waals surface area contributed by atoms with Crippen LogP contribution in [0.25, 0.3) is 6.08 Å². The summed E-state index contributed by atoms with van der Waals surface area (Å²) < 4.78 is 10.9. The highest BCUT2D eigenvalue weighted by Gasteiger charge is 2.18. The standard InChI is InChI=1S/C25H26N2O4S/c1-17-7-4-5-9-22(17)24(28)27-23(15-21-8-6-14-32-21)25(29)26-18(2)16-31-20-12-10-19(30-3)11-13-20/h4-15,18H,16H2,1-3H3,(H,26,29)(H,27,28)/b23-15-/t18-/m0/s1. The Hall–Kier alpha value is -3.58. The van der Waals surface area contributed by atoms with E-state index in [4.69, 9.17) is 9.47 Å². The van der Waals surface area contributed by atoms with Crippen molar-refractivity contribution < 1.29 is 19.1 Å². The zero-order chi connectivity index (χ0) is 22.9. The molecular weight excluding hydrogens is 424 g/mol. The van der Waals surface area contributed by atoms with Gasteiger partial charge in [-0.25, -0.2) is 0 Å². The van der Waals surface area contributed by atoms with E-state index in [1.807, 2.05) is 55.6 Å². The van der Waals surface area contributed by atoms with Gasteiger partial charge >= 0.3 is 0 Å². The summed E-state index contributed by atoms with van der Waals surface area (Å²) in [6, 6.07) is 18.0. The van der Waals surface area contributed by atoms with Crippen LogP contribution in [0.3, 0.4) is 0 Å². The third-order valence-corrected chi connectivity index (χ3v) is 5.47. The molecule has 0 fully saturated rings. The van der Waals surface area contributed by atoms with Crippen molar-refractivity contribution in [1.82, 2.24) is 10.6 Å². The van der Waals surface area contributed by atoms with Gasteiger partial charge in [0.15, 0.2) is 0 Å². The van der Waals surface area contributed by atoms with Crippen molar-refractivity contribution >= 4 is 29.2 Å². The fourth-order valence-corrected chi connectivity index (χ4v) is 3.59. The molecule has 3 rings (SSSR count). The van der Waals surface area contributed by atoms with E-state index in [1.165, 1.54) is 11.3 Å². The van der Waals surface area contributed by atoms with Crippen LogP contribution in [0.15, 0.2) is 71.7 Å². The molecule has 0 aliphatic carbocycles. The quantitative estimate of drug-likeness (QED) is 0.473. The lowest BCUT2D eigenvalue weighted by atomic mass is 10.1. The average molecular weight is 451 g/mol. The first-order valence-electron chi connectivity index (χ1n) is 10.2. The van der Waals surface area contributed by atoms with Crippen LogP contribution < -0.4 is 20.1 Å². The van der Waals surface area contributed by atoms with Gasteiger partial charge in [-0.3, -0.25) is 9.59 Å². The van der Waals surface area contributed by atoms with E-state index in [2.05, 4.69) is 10.6 Å². The molecular formula is C25H26N2O4S. The number of hydrogen-bond acceptors (Lipinski definition) is 5. The van der Waals surface area contributed by atoms with Gasteiger partial charge < -0.3 is 20.1 Å². The molecule has 0 aliphatic rings. The van der Waals surface area contributed by atoms with Crippen LogP contribution in [0.5, 0.6) is 11.5 Å². The van der Waals surface area contributed by atoms with Crippen LogP contribution in [0.4, 0.5) is 0 Å². The maximum Gasteiger partial charge on any atom is 0.268 e. The van der Waals surface area contributed by atoms with Gasteiger partial charge in [0.05, 0.1) is 13.2 Å². The second-order valence-corrected chi connectivity index (χ2v) is 8.18. The van der Waals surface area contributed by atoms with Crippen molar-refractivity contribution in [3.8, 4) is 11.5 Å². The highest BCUT2D eigenvalue weighted by atomic mass is 32.1. The maximum absolute atomic E-state index is 13.0. The lowest BCUT2D eigenvalue weighted by Crippen LogP contribution is -2.41. The van der Waals surface area contributed by atoms with Gasteiger partial charge in [-0.05, 0) is 67.3 Å². The predicted molar refractivity (Wildman–Crippen MR) is 127 cm³/mol. The first kappa shape index (κ1) is 23.1. The van der Waals surface area contributed by atoms with E-state index in [0.717, 1.165) is 16.2 Å². The molecule has 0 saturated heterocycles. The van der Waals surface area contributed by atoms with Crippen molar-refractivity contribution in [2.75, 3.05) is 13.7 Å². The number of carbonyl (C=O) groups excluding carboxylic acids is 2. The Morgan fingerprint density at radius 1 is 1.03 bits per heavy atom. The fraction of sp³-hybridized carbons (Fsp3) is 0.200. The Morgan fingerprint density at radius 2 is 1.75 bits per heavy atom. The lowest BCUT2D eigenvalue weighted by Gasteiger charge is -2.17. The van der Waals surface area contributed by atoms with Crippen molar-refractivity contribution in [2.45, 2.75) is 19.9 Å². The highest BCUT2D eigenvalue weighted by Crippen LogP contribution is 2.17. The molecule has 1 atom stereocenters. The van der Waals surface area contributed by atoms with Gasteiger partial charge in [0.1, 0.15) is 23.8 Å². The van der Waals surface area contributed by atoms with Crippen molar-refractivity contribution in [3.05, 3.63) is 87.7 Å². The summed E-state index contributed by atoms with van der Waals surface area (Å²) in [6.07, 6.45) is 1.67. The summed E-state index contributed by atoms with van der Waals surface area (Å²) in [5.41, 5.74) is 1.53. The smallest absolute Gasteiger partial charge is 0.268 e. The maximum atomic E-state index is 13.0. The summed E-state index contributed by atoms with van der Waals surface area (Å²) in [7, 11) is 1.60. The van der Waals surface area contributed by atoms with Crippen molar-refractivity contribution in [2.24, 2.45) is 0 Å². The lowest BCUT2D eigenvalue weighted by molar-refractivity contribution is -0.118. The molecule has 0 saturated carbocycles. The van der Waals surface area contributed by atoms with E-state index < -0.39 is 0 Å². The molecule has 2 amide bonds. The van der Waals surface area contributed by atoms with Gasteiger partial charge in [-0.1, -0.05) is 24.3 Å². The second kappa shape index (κ2) is 11.2. The Morgan fingerprint density at radius 3 is 2.41 bits per heavy atom. The zero-order valence-corrected chi connectivity index (χ0v) is 19.1. The first-order valence-corrected chi connectivity index (χ1v) is 11.0. The number of ether oxygens (including phenoxy) is 2. The van der Waals surface area contributed by atoms with Crippen LogP contribution >= 0.6 is 11.3 Å². The van der Waals surface area contributed by atoms with Gasteiger partial charge in [-0.15, -0.1) is 11.3 Å². The molecule has 1 aromatic heterocycles. The largest absolute Gasteiger partial charge is 0.497 e. The number of amides is 2. The molecule has 0 aliphatic heterocycles. The van der Waals surface area contributed by atoms with Crippen molar-refractivity contribution in [3.63, 3.8) is 0 Å². The molecule has 0 bridgehead atoms. The van der Waals surface area contributed by atoms with Crippen LogP contribution in [-0.4, -0.2) is 31.6 Å². The number of rotatable bonds is 9. The summed E-state index contributed by atoms with van der Waals surface area (Å²) in [4.78, 5) is 26.6. The van der Waals surface area contributed by atoms with Crippen LogP contribution in [0.2, 0.25) is 0 Å². The predicted octanol–water partition coefficient (Wildman–Crippen LogP) is 4.42. The number of carbonyl (C=O) groups is 2. The topological polar surface area (TPSA) is 76.7 Å². The normalized spacial score (nSPS) is 12.0. The molecule has 32 heavy (non-hydrogen) atoms. The van der Waals surface area contributed by atoms with E-state index in [1.54, 1.807) is 37.5 Å². The third kappa shape index (κ3) is 6.46. The number of hydrogen-bond donors (Lipinski definition) is 2. The fourth-order valence-electron chi connectivity index (χ4n) is 2.93. The Labute approximate surface area is 191 Å². The first-order chi connectivity index (χ1) is 15.5. The molecule has 2 N–H and O–H groups in total. The molecule has 0 unspecified atom stereocenters.